The fourth-order valence-electron chi connectivity index (χ4n) is 4.41. The van der Waals surface area contributed by atoms with E-state index in [4.69, 9.17) is 0 Å². The second-order valence-corrected chi connectivity index (χ2v) is 7.55. The minimum Gasteiger partial charge on any atom is -0.358 e. The molecule has 1 fully saturated rings. The van der Waals surface area contributed by atoms with E-state index in [0.29, 0.717) is 5.92 Å². The van der Waals surface area contributed by atoms with Crippen molar-refractivity contribution in [1.82, 2.24) is 4.98 Å². The Morgan fingerprint density at radius 2 is 1.52 bits per heavy atom. The molecular weight excluding hydrogens is 328 g/mol. The Kier molecular flexibility index (Phi) is 3.09. The number of fused-ring (bicyclic) bond motifs is 5. The minimum absolute atomic E-state index is 0. The van der Waals surface area contributed by atoms with Gasteiger partial charge in [0.05, 0.1) is 0 Å². The fourth-order valence-corrected chi connectivity index (χ4v) is 4.41. The zero-order valence-corrected chi connectivity index (χ0v) is 15.0. The molecule has 1 saturated carbocycles. The Hall–Kier alpha value is -3.26. The zero-order valence-electron chi connectivity index (χ0n) is 15.0. The summed E-state index contributed by atoms with van der Waals surface area (Å²) in [6, 6.07) is 28.0. The number of para-hydroxylation sites is 2. The van der Waals surface area contributed by atoms with E-state index in [0.717, 1.165) is 5.92 Å². The van der Waals surface area contributed by atoms with Crippen LogP contribution in [0.2, 0.25) is 0 Å². The summed E-state index contributed by atoms with van der Waals surface area (Å²) in [4.78, 5) is 6.01. The van der Waals surface area contributed by atoms with E-state index >= 15 is 0 Å². The normalized spacial score (nSPS) is 19.6. The number of anilines is 3. The van der Waals surface area contributed by atoms with E-state index in [1.807, 2.05) is 0 Å². The van der Waals surface area contributed by atoms with Crippen LogP contribution < -0.4 is 4.90 Å². The van der Waals surface area contributed by atoms with Crippen LogP contribution in [0.25, 0.3) is 17.0 Å². The third-order valence-electron chi connectivity index (χ3n) is 5.86. The van der Waals surface area contributed by atoms with Gasteiger partial charge in [-0.15, -0.1) is 0 Å². The van der Waals surface area contributed by atoms with E-state index in [1.165, 1.54) is 45.6 Å². The smallest absolute Gasteiger partial charge is 0.0469 e. The molecular formula is C25H22N2. The molecule has 0 amide bonds. The maximum atomic E-state index is 3.68. The molecule has 2 unspecified atom stereocenters. The Balaban J connectivity index is 0.00000171. The molecule has 2 aliphatic carbocycles. The van der Waals surface area contributed by atoms with Crippen LogP contribution in [0.3, 0.4) is 0 Å². The molecule has 132 valence electrons. The number of rotatable bonds is 3. The van der Waals surface area contributed by atoms with Gasteiger partial charge in [-0.05, 0) is 54.8 Å². The maximum Gasteiger partial charge on any atom is 0.0469 e. The largest absolute Gasteiger partial charge is 0.358 e. The summed E-state index contributed by atoms with van der Waals surface area (Å²) in [5, 5.41) is 1.32. The van der Waals surface area contributed by atoms with Gasteiger partial charge in [0.25, 0.3) is 0 Å². The van der Waals surface area contributed by atoms with Crippen LogP contribution in [0.1, 0.15) is 25.0 Å². The highest BCUT2D eigenvalue weighted by molar-refractivity contribution is 5.95. The fraction of sp³-hybridized carbons (Fsp3) is 0.120. The van der Waals surface area contributed by atoms with Crippen LogP contribution in [0.15, 0.2) is 84.9 Å². The predicted octanol–water partition coefficient (Wildman–Crippen LogP) is 7.01. The highest BCUT2D eigenvalue weighted by Crippen LogP contribution is 2.53. The first kappa shape index (κ1) is 14.9. The number of aromatic amines is 1. The molecule has 2 aliphatic rings. The Morgan fingerprint density at radius 3 is 2.22 bits per heavy atom. The molecule has 3 aromatic carbocycles. The first-order valence-corrected chi connectivity index (χ1v) is 9.62. The molecule has 1 N–H and O–H groups in total. The molecule has 6 rings (SSSR count). The molecule has 1 heterocycles. The molecule has 0 saturated heterocycles. The maximum absolute atomic E-state index is 3.68. The summed E-state index contributed by atoms with van der Waals surface area (Å²) in [6.45, 7) is 0. The number of nitrogens with one attached hydrogen (secondary N) is 1. The average Bonchev–Trinajstić information content (AvgIpc) is 3.43. The van der Waals surface area contributed by atoms with Gasteiger partial charge in [-0.3, -0.25) is 0 Å². The van der Waals surface area contributed by atoms with Crippen molar-refractivity contribution in [2.24, 2.45) is 5.92 Å². The second-order valence-electron chi connectivity index (χ2n) is 7.55. The number of hydrogen-bond acceptors (Lipinski definition) is 1. The van der Waals surface area contributed by atoms with Crippen molar-refractivity contribution in [3.63, 3.8) is 0 Å². The third-order valence-corrected chi connectivity index (χ3v) is 5.86. The van der Waals surface area contributed by atoms with Gasteiger partial charge in [-0.25, -0.2) is 0 Å². The lowest BCUT2D eigenvalue weighted by Gasteiger charge is -2.25. The average molecular weight is 350 g/mol. The van der Waals surface area contributed by atoms with Gasteiger partial charge in [0, 0.05) is 46.6 Å². The van der Waals surface area contributed by atoms with Crippen LogP contribution in [-0.4, -0.2) is 4.98 Å². The molecule has 2 heteroatoms. The zero-order chi connectivity index (χ0) is 17.8. The molecule has 1 aromatic heterocycles. The number of hydrogen-bond donors (Lipinski definition) is 1. The van der Waals surface area contributed by atoms with Crippen molar-refractivity contribution in [2.45, 2.75) is 12.3 Å². The lowest BCUT2D eigenvalue weighted by atomic mass is 10.0. The lowest BCUT2D eigenvalue weighted by molar-refractivity contribution is 0.962. The highest BCUT2D eigenvalue weighted by atomic mass is 15.1. The Labute approximate surface area is 160 Å². The molecule has 2 nitrogen and oxygen atoms in total. The number of H-pyrrole nitrogens is 1. The van der Waals surface area contributed by atoms with Crippen LogP contribution in [-0.2, 0) is 0 Å². The van der Waals surface area contributed by atoms with Crippen molar-refractivity contribution in [1.29, 1.82) is 0 Å². The SMILES string of the molecule is C1=CC2CC2c2[nH]c3ccc(N(c4ccccc4)c4ccccc4)cc3c21.[HH]. The van der Waals surface area contributed by atoms with Crippen LogP contribution in [0.4, 0.5) is 17.1 Å². The van der Waals surface area contributed by atoms with Crippen molar-refractivity contribution in [2.75, 3.05) is 4.90 Å². The summed E-state index contributed by atoms with van der Waals surface area (Å²) in [5.74, 6) is 1.47. The van der Waals surface area contributed by atoms with E-state index < -0.39 is 0 Å². The summed E-state index contributed by atoms with van der Waals surface area (Å²) in [6.07, 6.45) is 6.00. The van der Waals surface area contributed by atoms with Crippen LogP contribution in [0, 0.1) is 5.92 Å². The van der Waals surface area contributed by atoms with Crippen LogP contribution in [0.5, 0.6) is 0 Å². The minimum atomic E-state index is 0. The first-order valence-electron chi connectivity index (χ1n) is 9.62. The molecule has 0 bridgehead atoms. The standard InChI is InChI=1S/C25H20N2.H2/c1-3-7-18(8-4-1)27(19-9-5-2-6-10-19)20-12-14-24-23(16-20)21-13-11-17-15-22(17)25(21)26-24;/h1-14,16-17,22,26H,15H2;1H. The molecule has 0 aliphatic heterocycles. The van der Waals surface area contributed by atoms with Crippen LogP contribution >= 0.6 is 0 Å². The quantitative estimate of drug-likeness (QED) is 0.421. The molecule has 0 radical (unpaired) electrons. The molecule has 4 aromatic rings. The van der Waals surface area contributed by atoms with Crippen molar-refractivity contribution >= 4 is 34.0 Å². The van der Waals surface area contributed by atoms with Gasteiger partial charge in [0.15, 0.2) is 0 Å². The molecule has 2 atom stereocenters. The predicted molar refractivity (Wildman–Crippen MR) is 115 cm³/mol. The number of allylic oxidation sites excluding steroid dienone is 1. The monoisotopic (exact) mass is 350 g/mol. The summed E-state index contributed by atoms with van der Waals surface area (Å²) < 4.78 is 0. The van der Waals surface area contributed by atoms with Crippen molar-refractivity contribution in [3.05, 3.63) is 96.2 Å². The summed E-state index contributed by atoms with van der Waals surface area (Å²) in [5.41, 5.74) is 7.58. The van der Waals surface area contributed by atoms with E-state index in [1.54, 1.807) is 0 Å². The van der Waals surface area contributed by atoms with Gasteiger partial charge >= 0.3 is 0 Å². The van der Waals surface area contributed by atoms with Gasteiger partial charge in [-0.1, -0.05) is 48.6 Å². The van der Waals surface area contributed by atoms with Gasteiger partial charge in [0.1, 0.15) is 0 Å². The number of benzene rings is 3. The van der Waals surface area contributed by atoms with Crippen molar-refractivity contribution in [3.8, 4) is 0 Å². The summed E-state index contributed by atoms with van der Waals surface area (Å²) in [7, 11) is 0. The topological polar surface area (TPSA) is 19.0 Å². The second kappa shape index (κ2) is 5.62. The van der Waals surface area contributed by atoms with E-state index in [2.05, 4.69) is 101 Å². The number of nitrogens with zero attached hydrogens (tertiary/aromatic N) is 1. The summed E-state index contributed by atoms with van der Waals surface area (Å²) >= 11 is 0. The van der Waals surface area contributed by atoms with Crippen molar-refractivity contribution < 1.29 is 1.43 Å². The number of aromatic nitrogens is 1. The third kappa shape index (κ3) is 2.33. The van der Waals surface area contributed by atoms with E-state index in [9.17, 15) is 0 Å². The van der Waals surface area contributed by atoms with Gasteiger partial charge < -0.3 is 9.88 Å². The van der Waals surface area contributed by atoms with Gasteiger partial charge in [-0.2, -0.15) is 0 Å². The molecule has 0 spiro atoms. The highest BCUT2D eigenvalue weighted by Gasteiger charge is 2.41. The van der Waals surface area contributed by atoms with Gasteiger partial charge in [0.2, 0.25) is 0 Å². The lowest BCUT2D eigenvalue weighted by Crippen LogP contribution is -2.09. The van der Waals surface area contributed by atoms with E-state index in [-0.39, 0.29) is 1.43 Å². The Bertz CT molecular complexity index is 1120. The molecule has 27 heavy (non-hydrogen) atoms. The Morgan fingerprint density at radius 1 is 0.815 bits per heavy atom. The first-order chi connectivity index (χ1) is 13.4.